The Hall–Kier alpha value is -0.470. The molecule has 0 amide bonds. The van der Waals surface area contributed by atoms with Crippen molar-refractivity contribution in [3.8, 4) is 0 Å². The smallest absolute Gasteiger partial charge is 0.0523 e. The molecule has 0 heterocycles. The van der Waals surface area contributed by atoms with Crippen LogP contribution in [0.2, 0.25) is 0 Å². The zero-order chi connectivity index (χ0) is 10.9. The van der Waals surface area contributed by atoms with Gasteiger partial charge in [-0.25, -0.2) is 0 Å². The van der Waals surface area contributed by atoms with Gasteiger partial charge in [0.2, 0.25) is 0 Å². The second-order valence-electron chi connectivity index (χ2n) is 4.86. The molecule has 1 nitrogen and oxygen atoms in total. The van der Waals surface area contributed by atoms with Crippen LogP contribution in [-0.2, 0) is 5.41 Å². The zero-order valence-electron chi connectivity index (χ0n) is 9.36. The summed E-state index contributed by atoms with van der Waals surface area (Å²) >= 11 is 1.97. The molecule has 0 saturated heterocycles. The van der Waals surface area contributed by atoms with Crippen molar-refractivity contribution >= 4 is 11.8 Å². The van der Waals surface area contributed by atoms with Crippen molar-refractivity contribution in [2.24, 2.45) is 0 Å². The lowest BCUT2D eigenvalue weighted by atomic mass is 9.86. The van der Waals surface area contributed by atoms with Crippen molar-refractivity contribution in [1.29, 1.82) is 0 Å². The normalized spacial score (nSPS) is 16.7. The van der Waals surface area contributed by atoms with E-state index in [1.54, 1.807) is 0 Å². The highest BCUT2D eigenvalue weighted by Crippen LogP contribution is 2.42. The molecule has 0 unspecified atom stereocenters. The van der Waals surface area contributed by atoms with E-state index in [9.17, 15) is 5.11 Å². The molecule has 1 saturated carbocycles. The Morgan fingerprint density at radius 2 is 2.00 bits per heavy atom. The summed E-state index contributed by atoms with van der Waals surface area (Å²) in [6.07, 6.45) is 2.69. The quantitative estimate of drug-likeness (QED) is 0.844. The molecule has 1 aromatic rings. The van der Waals surface area contributed by atoms with Crippen LogP contribution >= 0.6 is 11.8 Å². The molecule has 0 radical (unpaired) electrons. The van der Waals surface area contributed by atoms with E-state index < -0.39 is 0 Å². The average molecular weight is 222 g/mol. The minimum Gasteiger partial charge on any atom is -0.395 e. The maximum atomic E-state index is 9.41. The lowest BCUT2D eigenvalue weighted by Crippen LogP contribution is -2.22. The second-order valence-corrected chi connectivity index (χ2v) is 6.20. The van der Waals surface area contributed by atoms with E-state index in [0.717, 1.165) is 5.25 Å². The van der Waals surface area contributed by atoms with Gasteiger partial charge >= 0.3 is 0 Å². The highest BCUT2D eigenvalue weighted by Gasteiger charge is 2.27. The fourth-order valence-electron chi connectivity index (χ4n) is 1.58. The van der Waals surface area contributed by atoms with Crippen molar-refractivity contribution in [2.45, 2.75) is 42.2 Å². The molecule has 1 fully saturated rings. The second kappa shape index (κ2) is 4.18. The predicted molar refractivity (Wildman–Crippen MR) is 65.4 cm³/mol. The van der Waals surface area contributed by atoms with Crippen LogP contribution in [0.5, 0.6) is 0 Å². The number of hydrogen-bond donors (Lipinski definition) is 1. The van der Waals surface area contributed by atoms with Crippen LogP contribution in [-0.4, -0.2) is 17.0 Å². The lowest BCUT2D eigenvalue weighted by Gasteiger charge is -2.25. The monoisotopic (exact) mass is 222 g/mol. The fourth-order valence-corrected chi connectivity index (χ4v) is 2.94. The van der Waals surface area contributed by atoms with E-state index >= 15 is 0 Å². The van der Waals surface area contributed by atoms with Crippen LogP contribution in [0, 0.1) is 0 Å². The molecule has 2 rings (SSSR count). The highest BCUT2D eigenvalue weighted by atomic mass is 32.2. The number of rotatable bonds is 4. The molecular weight excluding hydrogens is 204 g/mol. The van der Waals surface area contributed by atoms with Crippen LogP contribution in [0.4, 0.5) is 0 Å². The molecule has 0 bridgehead atoms. The van der Waals surface area contributed by atoms with E-state index in [4.69, 9.17) is 0 Å². The van der Waals surface area contributed by atoms with Gasteiger partial charge in [-0.05, 0) is 24.5 Å². The summed E-state index contributed by atoms with van der Waals surface area (Å²) in [4.78, 5) is 1.35. The van der Waals surface area contributed by atoms with Crippen molar-refractivity contribution in [2.75, 3.05) is 6.61 Å². The maximum absolute atomic E-state index is 9.41. The van der Waals surface area contributed by atoms with Gasteiger partial charge in [-0.1, -0.05) is 32.0 Å². The molecule has 1 aliphatic rings. The van der Waals surface area contributed by atoms with Gasteiger partial charge in [-0.2, -0.15) is 0 Å². The lowest BCUT2D eigenvalue weighted by molar-refractivity contribution is 0.216. The summed E-state index contributed by atoms with van der Waals surface area (Å²) in [5.74, 6) is 0. The molecule has 0 aliphatic heterocycles. The molecule has 2 heteroatoms. The van der Waals surface area contributed by atoms with E-state index in [1.807, 2.05) is 11.8 Å². The maximum Gasteiger partial charge on any atom is 0.0523 e. The number of hydrogen-bond acceptors (Lipinski definition) is 2. The van der Waals surface area contributed by atoms with E-state index in [-0.39, 0.29) is 12.0 Å². The first-order valence-electron chi connectivity index (χ1n) is 5.50. The Labute approximate surface area is 95.9 Å². The average Bonchev–Trinajstić information content (AvgIpc) is 3.02. The summed E-state index contributed by atoms with van der Waals surface area (Å²) in [7, 11) is 0. The minimum atomic E-state index is -0.127. The van der Waals surface area contributed by atoms with Gasteiger partial charge in [0.1, 0.15) is 0 Å². The third kappa shape index (κ3) is 2.56. The summed E-state index contributed by atoms with van der Waals surface area (Å²) in [5.41, 5.74) is 1.16. The Morgan fingerprint density at radius 3 is 2.60 bits per heavy atom. The topological polar surface area (TPSA) is 20.2 Å². The predicted octanol–water partition coefficient (Wildman–Crippen LogP) is 3.21. The third-order valence-electron chi connectivity index (χ3n) is 2.83. The third-order valence-corrected chi connectivity index (χ3v) is 4.24. The van der Waals surface area contributed by atoms with Crippen LogP contribution in [0.3, 0.4) is 0 Å². The van der Waals surface area contributed by atoms with Gasteiger partial charge in [0.25, 0.3) is 0 Å². The molecular formula is C13H18OS. The summed E-state index contributed by atoms with van der Waals surface area (Å²) in [5, 5.41) is 10.2. The van der Waals surface area contributed by atoms with Crippen molar-refractivity contribution in [3.63, 3.8) is 0 Å². The molecule has 82 valence electrons. The van der Waals surface area contributed by atoms with Crippen LogP contribution in [0.25, 0.3) is 0 Å². The molecule has 0 aromatic heterocycles. The Bertz CT molecular complexity index is 342. The molecule has 0 atom stereocenters. The van der Waals surface area contributed by atoms with Crippen molar-refractivity contribution < 1.29 is 5.11 Å². The van der Waals surface area contributed by atoms with Crippen molar-refractivity contribution in [1.82, 2.24) is 0 Å². The summed E-state index contributed by atoms with van der Waals surface area (Å²) in [6.45, 7) is 4.40. The van der Waals surface area contributed by atoms with Crippen LogP contribution < -0.4 is 0 Å². The molecule has 1 aliphatic carbocycles. The van der Waals surface area contributed by atoms with Gasteiger partial charge in [0.05, 0.1) is 6.61 Å². The molecule has 0 spiro atoms. The zero-order valence-corrected chi connectivity index (χ0v) is 10.2. The first-order chi connectivity index (χ1) is 7.13. The van der Waals surface area contributed by atoms with E-state index in [2.05, 4.69) is 38.1 Å². The molecule has 15 heavy (non-hydrogen) atoms. The first-order valence-corrected chi connectivity index (χ1v) is 6.38. The van der Waals surface area contributed by atoms with Gasteiger partial charge < -0.3 is 5.11 Å². The summed E-state index contributed by atoms with van der Waals surface area (Å²) in [6, 6.07) is 8.46. The summed E-state index contributed by atoms with van der Waals surface area (Å²) < 4.78 is 0. The Balaban J connectivity index is 2.27. The number of benzene rings is 1. The fraction of sp³-hybridized carbons (Fsp3) is 0.538. The highest BCUT2D eigenvalue weighted by molar-refractivity contribution is 8.00. The largest absolute Gasteiger partial charge is 0.395 e. The van der Waals surface area contributed by atoms with E-state index in [0.29, 0.717) is 0 Å². The standard InChI is InChI=1S/C13H18OS/c1-13(2,9-14)11-5-3-4-6-12(11)15-10-7-8-10/h3-6,10,14H,7-9H2,1-2H3. The SMILES string of the molecule is CC(C)(CO)c1ccccc1SC1CC1. The Morgan fingerprint density at radius 1 is 1.33 bits per heavy atom. The minimum absolute atomic E-state index is 0.127. The van der Waals surface area contributed by atoms with Crippen molar-refractivity contribution in [3.05, 3.63) is 29.8 Å². The molecule has 1 N–H and O–H groups in total. The number of aliphatic hydroxyl groups excluding tert-OH is 1. The van der Waals surface area contributed by atoms with Gasteiger partial charge in [-0.3, -0.25) is 0 Å². The first kappa shape index (κ1) is 11.0. The van der Waals surface area contributed by atoms with Crippen LogP contribution in [0.1, 0.15) is 32.3 Å². The van der Waals surface area contributed by atoms with Gasteiger partial charge in [0.15, 0.2) is 0 Å². The Kier molecular flexibility index (Phi) is 3.08. The molecule has 1 aromatic carbocycles. The van der Waals surface area contributed by atoms with Gasteiger partial charge in [0, 0.05) is 15.6 Å². The van der Waals surface area contributed by atoms with E-state index in [1.165, 1.54) is 23.3 Å². The number of aliphatic hydroxyl groups is 1. The van der Waals surface area contributed by atoms with Crippen LogP contribution in [0.15, 0.2) is 29.2 Å². The van der Waals surface area contributed by atoms with Gasteiger partial charge in [-0.15, -0.1) is 11.8 Å². The number of thioether (sulfide) groups is 1.